The summed E-state index contributed by atoms with van der Waals surface area (Å²) < 4.78 is 38.6. The van der Waals surface area contributed by atoms with E-state index in [0.717, 1.165) is 4.57 Å². The Bertz CT molecular complexity index is 1590. The summed E-state index contributed by atoms with van der Waals surface area (Å²) in [5.74, 6) is -1.31. The van der Waals surface area contributed by atoms with Crippen LogP contribution in [0.5, 0.6) is 11.8 Å². The molecule has 43 heavy (non-hydrogen) atoms. The fraction of sp³-hybridized carbons (Fsp3) is 0.609. The summed E-state index contributed by atoms with van der Waals surface area (Å²) in [7, 11) is 2.79. The Morgan fingerprint density at radius 1 is 1.37 bits per heavy atom. The monoisotopic (exact) mass is 646 g/mol. The molecule has 238 valence electrons. The van der Waals surface area contributed by atoms with Gasteiger partial charge in [-0.05, 0) is 39.1 Å². The first-order valence-corrected chi connectivity index (χ1v) is 16.2. The number of aromatic amines is 1. The molecule has 0 aromatic carbocycles. The number of nitrogen functional groups attached to an aromatic ring is 1. The maximum absolute atomic E-state index is 14.0. The third-order valence-corrected chi connectivity index (χ3v) is 10.6. The molecule has 3 aromatic heterocycles. The number of carbonyl (C=O) groups is 1. The van der Waals surface area contributed by atoms with Gasteiger partial charge in [0.1, 0.15) is 23.9 Å². The number of nitrogens with two attached hydrogens (primary N) is 1. The van der Waals surface area contributed by atoms with Crippen molar-refractivity contribution in [1.29, 1.82) is 0 Å². The van der Waals surface area contributed by atoms with Gasteiger partial charge in [-0.15, -0.1) is 0 Å². The highest BCUT2D eigenvalue weighted by atomic mass is 32.7. The first kappa shape index (κ1) is 32.7. The van der Waals surface area contributed by atoms with Crippen molar-refractivity contribution in [2.24, 2.45) is 7.05 Å². The molecule has 4 rings (SSSR count). The SMILES string of the molecule is COc1nc(N)nc2c1ncn2[C@@H]1OC(CO[P@](=O)(N[C@H](C)C(=O)OC(C)C)SCc2c(O)[nH]c(=O)n2C)[C@@H](O)[C@@]1(C)O. The second kappa shape index (κ2) is 12.4. The lowest BCUT2D eigenvalue weighted by Crippen LogP contribution is -2.44. The molecule has 1 aliphatic heterocycles. The molecule has 1 unspecified atom stereocenters. The number of aromatic nitrogens is 6. The summed E-state index contributed by atoms with van der Waals surface area (Å²) in [5, 5.41) is 35.0. The van der Waals surface area contributed by atoms with Crippen molar-refractivity contribution in [3.05, 3.63) is 22.5 Å². The zero-order valence-electron chi connectivity index (χ0n) is 24.2. The van der Waals surface area contributed by atoms with E-state index in [9.17, 15) is 29.5 Å². The van der Waals surface area contributed by atoms with E-state index in [1.807, 2.05) is 0 Å². The number of rotatable bonds is 12. The summed E-state index contributed by atoms with van der Waals surface area (Å²) >= 11 is 0.689. The van der Waals surface area contributed by atoms with Gasteiger partial charge in [0.2, 0.25) is 17.7 Å². The molecule has 0 bridgehead atoms. The smallest absolute Gasteiger partial charge is 0.328 e. The number of hydrogen-bond acceptors (Lipinski definition) is 15. The van der Waals surface area contributed by atoms with E-state index in [2.05, 4.69) is 25.0 Å². The van der Waals surface area contributed by atoms with Gasteiger partial charge >= 0.3 is 18.4 Å². The predicted molar refractivity (Wildman–Crippen MR) is 153 cm³/mol. The highest BCUT2D eigenvalue weighted by Crippen LogP contribution is 2.58. The zero-order chi connectivity index (χ0) is 31.9. The Hall–Kier alpha value is -3.19. The summed E-state index contributed by atoms with van der Waals surface area (Å²) in [6, 6.07) is -1.09. The molecule has 6 atom stereocenters. The largest absolute Gasteiger partial charge is 0.493 e. The minimum absolute atomic E-state index is 0.0967. The lowest BCUT2D eigenvalue weighted by molar-refractivity contribution is -0.149. The van der Waals surface area contributed by atoms with Crippen LogP contribution in [0.2, 0.25) is 0 Å². The molecule has 18 nitrogen and oxygen atoms in total. The lowest BCUT2D eigenvalue weighted by Gasteiger charge is -2.27. The van der Waals surface area contributed by atoms with Gasteiger partial charge in [0.25, 0.3) is 0 Å². The number of nitrogens with one attached hydrogen (secondary N) is 2. The molecule has 4 heterocycles. The third kappa shape index (κ3) is 6.67. The number of fused-ring (bicyclic) bond motifs is 1. The lowest BCUT2D eigenvalue weighted by atomic mass is 9.96. The molecular formula is C23H35N8O10PS. The quantitative estimate of drug-likeness (QED) is 0.113. The maximum Gasteiger partial charge on any atom is 0.328 e. The van der Waals surface area contributed by atoms with Gasteiger partial charge in [-0.2, -0.15) is 9.97 Å². The minimum atomic E-state index is -4.05. The van der Waals surface area contributed by atoms with Gasteiger partial charge < -0.3 is 39.8 Å². The highest BCUT2D eigenvalue weighted by Gasteiger charge is 2.54. The average Bonchev–Trinajstić information content (AvgIpc) is 3.52. The molecule has 20 heteroatoms. The minimum Gasteiger partial charge on any atom is -0.493 e. The summed E-state index contributed by atoms with van der Waals surface area (Å²) in [6.45, 7) is 1.52. The van der Waals surface area contributed by atoms with Crippen LogP contribution in [0.3, 0.4) is 0 Å². The van der Waals surface area contributed by atoms with Crippen LogP contribution in [-0.4, -0.2) is 94.0 Å². The van der Waals surface area contributed by atoms with Crippen molar-refractivity contribution in [2.75, 3.05) is 19.5 Å². The van der Waals surface area contributed by atoms with Gasteiger partial charge in [0.15, 0.2) is 17.4 Å². The van der Waals surface area contributed by atoms with Crippen LogP contribution in [0, 0.1) is 0 Å². The normalized spacial score (nSPS) is 24.3. The highest BCUT2D eigenvalue weighted by molar-refractivity contribution is 8.55. The molecule has 7 N–H and O–H groups in total. The van der Waals surface area contributed by atoms with Crippen molar-refractivity contribution in [2.45, 2.75) is 69.6 Å². The summed E-state index contributed by atoms with van der Waals surface area (Å²) in [5.41, 5.74) is 3.83. The first-order chi connectivity index (χ1) is 20.1. The molecule has 3 aromatic rings. The number of aromatic hydroxyl groups is 1. The van der Waals surface area contributed by atoms with E-state index in [0.29, 0.717) is 11.4 Å². The average molecular weight is 647 g/mol. The number of esters is 1. The number of anilines is 1. The van der Waals surface area contributed by atoms with Crippen molar-refractivity contribution >= 4 is 41.2 Å². The number of carbonyl (C=O) groups excluding carboxylic acids is 1. The molecule has 0 amide bonds. The second-order valence-corrected chi connectivity index (χ2v) is 14.6. The molecule has 0 saturated carbocycles. The van der Waals surface area contributed by atoms with Gasteiger partial charge in [0, 0.05) is 12.8 Å². The predicted octanol–water partition coefficient (Wildman–Crippen LogP) is 0.147. The second-order valence-electron chi connectivity index (χ2n) is 10.3. The molecular weight excluding hydrogens is 611 g/mol. The number of ether oxygens (including phenoxy) is 3. The van der Waals surface area contributed by atoms with Crippen LogP contribution in [0.4, 0.5) is 5.95 Å². The maximum atomic E-state index is 14.0. The summed E-state index contributed by atoms with van der Waals surface area (Å²) in [6.07, 6.45) is -3.14. The summed E-state index contributed by atoms with van der Waals surface area (Å²) in [4.78, 5) is 38.9. The van der Waals surface area contributed by atoms with Crippen molar-refractivity contribution in [3.63, 3.8) is 0 Å². The van der Waals surface area contributed by atoms with E-state index in [1.54, 1.807) is 13.8 Å². The third-order valence-electron chi connectivity index (χ3n) is 6.65. The van der Waals surface area contributed by atoms with Crippen molar-refractivity contribution in [1.82, 2.24) is 34.2 Å². The van der Waals surface area contributed by atoms with Crippen LogP contribution in [0.25, 0.3) is 11.2 Å². The topological polar surface area (TPSA) is 251 Å². The zero-order valence-corrected chi connectivity index (χ0v) is 26.0. The molecule has 0 radical (unpaired) electrons. The van der Waals surface area contributed by atoms with Gasteiger partial charge in [-0.25, -0.2) is 14.9 Å². The van der Waals surface area contributed by atoms with E-state index >= 15 is 0 Å². The molecule has 0 aliphatic carbocycles. The van der Waals surface area contributed by atoms with Crippen LogP contribution >= 0.6 is 18.1 Å². The molecule has 1 fully saturated rings. The number of H-pyrrole nitrogens is 1. The standard InChI is InChI=1S/C23H35N8O10PS/c1-10(2)40-19(34)11(3)29-42(37,43-8-12-17(33)27-22(35)30(12)5)39-7-13-15(32)23(4,36)20(41-13)31-9-25-14-16(31)26-21(24)28-18(14)38-6/h9-11,13,15,20,32-33,36H,7-8H2,1-6H3,(H,27,35)(H,29,37)(H2,24,26,28)/t11-,13?,15-,20-,23-,42-/m1/s1. The first-order valence-electron chi connectivity index (χ1n) is 13.0. The fourth-order valence-corrected chi connectivity index (χ4v) is 8.11. The molecule has 1 aliphatic rings. The van der Waals surface area contributed by atoms with Gasteiger partial charge in [-0.1, -0.05) is 0 Å². The van der Waals surface area contributed by atoms with Gasteiger partial charge in [-0.3, -0.25) is 23.5 Å². The van der Waals surface area contributed by atoms with Gasteiger partial charge in [0.05, 0.1) is 31.8 Å². The number of nitrogens with zero attached hydrogens (tertiary/aromatic N) is 5. The van der Waals surface area contributed by atoms with Crippen LogP contribution in [0.1, 0.15) is 39.6 Å². The van der Waals surface area contributed by atoms with Crippen molar-refractivity contribution < 1.29 is 43.4 Å². The Balaban J connectivity index is 1.57. The molecule has 1 saturated heterocycles. The number of imidazole rings is 2. The van der Waals surface area contributed by atoms with E-state index in [1.165, 1.54) is 38.9 Å². The number of hydrogen-bond donors (Lipinski definition) is 6. The Morgan fingerprint density at radius 3 is 2.67 bits per heavy atom. The fourth-order valence-electron chi connectivity index (χ4n) is 4.36. The van der Waals surface area contributed by atoms with E-state index in [-0.39, 0.29) is 34.4 Å². The van der Waals surface area contributed by atoms with Crippen LogP contribution in [0.15, 0.2) is 11.1 Å². The van der Waals surface area contributed by atoms with Crippen LogP contribution in [-0.2, 0) is 36.2 Å². The van der Waals surface area contributed by atoms with E-state index in [4.69, 9.17) is 24.5 Å². The Morgan fingerprint density at radius 2 is 2.07 bits per heavy atom. The number of methoxy groups -OCH3 is 1. The molecule has 0 spiro atoms. The number of aliphatic hydroxyl groups is 2. The van der Waals surface area contributed by atoms with Crippen LogP contribution < -0.4 is 21.2 Å². The van der Waals surface area contributed by atoms with Crippen molar-refractivity contribution in [3.8, 4) is 11.8 Å². The number of aliphatic hydroxyl groups excluding tert-OH is 1. The Kier molecular flexibility index (Phi) is 9.46. The van der Waals surface area contributed by atoms with E-state index < -0.39 is 67.1 Å². The Labute approximate surface area is 249 Å².